The van der Waals surface area contributed by atoms with Crippen LogP contribution in [0.25, 0.3) is 0 Å². The van der Waals surface area contributed by atoms with E-state index < -0.39 is 12.1 Å². The fraction of sp³-hybridized carbons (Fsp3) is 0.208. The lowest BCUT2D eigenvalue weighted by atomic mass is 9.86. The molecule has 0 radical (unpaired) electrons. The van der Waals surface area contributed by atoms with E-state index in [9.17, 15) is 9.90 Å². The maximum absolute atomic E-state index is 11.7. The van der Waals surface area contributed by atoms with E-state index >= 15 is 0 Å². The zero-order valence-corrected chi connectivity index (χ0v) is 15.8. The van der Waals surface area contributed by atoms with Gasteiger partial charge in [-0.25, -0.2) is 4.79 Å². The maximum Gasteiger partial charge on any atom is 0.344 e. The third kappa shape index (κ3) is 5.13. The van der Waals surface area contributed by atoms with Gasteiger partial charge in [0.1, 0.15) is 11.5 Å². The zero-order valence-electron chi connectivity index (χ0n) is 15.8. The Hall–Kier alpha value is -3.27. The minimum Gasteiger partial charge on any atom is -0.497 e. The summed E-state index contributed by atoms with van der Waals surface area (Å²) in [5, 5.41) is 9.62. The Balaban J connectivity index is 1.79. The van der Waals surface area contributed by atoms with E-state index in [0.29, 0.717) is 18.6 Å². The van der Waals surface area contributed by atoms with Gasteiger partial charge in [-0.2, -0.15) is 0 Å². The van der Waals surface area contributed by atoms with Crippen LogP contribution in [0.1, 0.15) is 29.9 Å². The van der Waals surface area contributed by atoms with Crippen LogP contribution in [0.4, 0.5) is 0 Å². The van der Waals surface area contributed by atoms with Crippen molar-refractivity contribution in [1.29, 1.82) is 0 Å². The first-order chi connectivity index (χ1) is 13.7. The first-order valence-electron chi connectivity index (χ1n) is 9.31. The highest BCUT2D eigenvalue weighted by Crippen LogP contribution is 2.31. The summed E-state index contributed by atoms with van der Waals surface area (Å²) < 4.78 is 11.0. The van der Waals surface area contributed by atoms with Crippen LogP contribution >= 0.6 is 0 Å². The van der Waals surface area contributed by atoms with Crippen LogP contribution in [-0.2, 0) is 4.79 Å². The number of carboxylic acids is 1. The van der Waals surface area contributed by atoms with Crippen LogP contribution in [-0.4, -0.2) is 24.3 Å². The Morgan fingerprint density at radius 2 is 1.36 bits per heavy atom. The van der Waals surface area contributed by atoms with Crippen molar-refractivity contribution in [1.82, 2.24) is 0 Å². The molecule has 144 valence electrons. The van der Waals surface area contributed by atoms with Gasteiger partial charge < -0.3 is 14.6 Å². The van der Waals surface area contributed by atoms with E-state index in [1.807, 2.05) is 60.7 Å². The Morgan fingerprint density at radius 3 is 1.93 bits per heavy atom. The smallest absolute Gasteiger partial charge is 0.344 e. The van der Waals surface area contributed by atoms with Crippen molar-refractivity contribution in [2.24, 2.45) is 0 Å². The molecule has 0 amide bonds. The molecule has 0 saturated carbocycles. The number of para-hydroxylation sites is 1. The zero-order chi connectivity index (χ0) is 19.8. The van der Waals surface area contributed by atoms with Crippen molar-refractivity contribution in [2.45, 2.75) is 24.9 Å². The molecule has 4 nitrogen and oxygen atoms in total. The second kappa shape index (κ2) is 9.60. The van der Waals surface area contributed by atoms with Gasteiger partial charge in [0.05, 0.1) is 7.11 Å². The number of carbonyl (C=O) groups is 1. The minimum absolute atomic E-state index is 0.0772. The van der Waals surface area contributed by atoms with Crippen LogP contribution in [0.15, 0.2) is 84.9 Å². The van der Waals surface area contributed by atoms with Gasteiger partial charge in [-0.3, -0.25) is 0 Å². The molecular weight excluding hydrogens is 352 g/mol. The van der Waals surface area contributed by atoms with Gasteiger partial charge in [-0.15, -0.1) is 0 Å². The number of rotatable bonds is 9. The molecule has 0 aliphatic carbocycles. The summed E-state index contributed by atoms with van der Waals surface area (Å²) in [4.78, 5) is 11.7. The Morgan fingerprint density at radius 1 is 0.786 bits per heavy atom. The highest BCUT2D eigenvalue weighted by atomic mass is 16.5. The normalized spacial score (nSPS) is 12.8. The molecule has 28 heavy (non-hydrogen) atoms. The summed E-state index contributed by atoms with van der Waals surface area (Å²) in [5.74, 6) is 0.487. The fourth-order valence-electron chi connectivity index (χ4n) is 3.26. The number of methoxy groups -OCH3 is 1. The number of ether oxygens (including phenoxy) is 2. The third-order valence-corrected chi connectivity index (χ3v) is 4.73. The molecule has 0 aliphatic heterocycles. The lowest BCUT2D eigenvalue weighted by Crippen LogP contribution is -2.27. The molecule has 0 aromatic heterocycles. The standard InChI is InChI=1S/C24H24O4/c1-27-20-14-12-19(13-15-20)22(18-8-4-2-5-9-18)16-17-23(24(25)26)28-21-10-6-3-7-11-21/h2-15,22-23H,16-17H2,1H3,(H,25,26). The average Bonchev–Trinajstić information content (AvgIpc) is 2.75. The van der Waals surface area contributed by atoms with E-state index in [1.54, 1.807) is 19.2 Å². The molecule has 2 atom stereocenters. The monoisotopic (exact) mass is 376 g/mol. The van der Waals surface area contributed by atoms with Gasteiger partial charge in [0.15, 0.2) is 6.10 Å². The third-order valence-electron chi connectivity index (χ3n) is 4.73. The van der Waals surface area contributed by atoms with Crippen LogP contribution in [0.5, 0.6) is 11.5 Å². The molecule has 3 rings (SSSR count). The second-order valence-electron chi connectivity index (χ2n) is 6.57. The fourth-order valence-corrected chi connectivity index (χ4v) is 3.26. The van der Waals surface area contributed by atoms with Crippen molar-refractivity contribution in [3.8, 4) is 11.5 Å². The van der Waals surface area contributed by atoms with Crippen molar-refractivity contribution < 1.29 is 19.4 Å². The first kappa shape index (κ1) is 19.5. The molecule has 2 unspecified atom stereocenters. The number of benzene rings is 3. The Bertz CT molecular complexity index is 860. The number of hydrogen-bond donors (Lipinski definition) is 1. The quantitative estimate of drug-likeness (QED) is 0.562. The molecule has 1 N–H and O–H groups in total. The molecule has 3 aromatic rings. The minimum atomic E-state index is -0.953. The van der Waals surface area contributed by atoms with Gasteiger partial charge >= 0.3 is 5.97 Å². The van der Waals surface area contributed by atoms with Crippen molar-refractivity contribution >= 4 is 5.97 Å². The van der Waals surface area contributed by atoms with E-state index in [4.69, 9.17) is 9.47 Å². The first-order valence-corrected chi connectivity index (χ1v) is 9.31. The largest absolute Gasteiger partial charge is 0.497 e. The van der Waals surface area contributed by atoms with Gasteiger partial charge in [0, 0.05) is 5.92 Å². The van der Waals surface area contributed by atoms with Gasteiger partial charge in [-0.1, -0.05) is 60.7 Å². The molecule has 3 aromatic carbocycles. The maximum atomic E-state index is 11.7. The van der Waals surface area contributed by atoms with Crippen LogP contribution in [0.3, 0.4) is 0 Å². The number of aliphatic carboxylic acids is 1. The summed E-state index contributed by atoms with van der Waals surface area (Å²) in [6.07, 6.45) is 0.155. The molecule has 0 aliphatic rings. The topological polar surface area (TPSA) is 55.8 Å². The highest BCUT2D eigenvalue weighted by molar-refractivity contribution is 5.72. The Kier molecular flexibility index (Phi) is 6.68. The predicted molar refractivity (Wildman–Crippen MR) is 109 cm³/mol. The summed E-state index contributed by atoms with van der Waals surface area (Å²) >= 11 is 0. The van der Waals surface area contributed by atoms with Crippen molar-refractivity contribution in [3.05, 3.63) is 96.1 Å². The molecule has 0 bridgehead atoms. The molecule has 0 spiro atoms. The predicted octanol–water partition coefficient (Wildman–Crippen LogP) is 5.14. The van der Waals surface area contributed by atoms with Gasteiger partial charge in [-0.05, 0) is 48.2 Å². The molecule has 0 heterocycles. The molecule has 0 saturated heterocycles. The summed E-state index contributed by atoms with van der Waals surface area (Å²) in [6.45, 7) is 0. The van der Waals surface area contributed by atoms with E-state index in [-0.39, 0.29) is 5.92 Å². The molecule has 4 heteroatoms. The number of carboxylic acid groups (broad SMARTS) is 1. The van der Waals surface area contributed by atoms with Crippen molar-refractivity contribution in [3.63, 3.8) is 0 Å². The molecule has 0 fully saturated rings. The van der Waals surface area contributed by atoms with Gasteiger partial charge in [0.25, 0.3) is 0 Å². The lowest BCUT2D eigenvalue weighted by molar-refractivity contribution is -0.145. The van der Waals surface area contributed by atoms with E-state index in [2.05, 4.69) is 12.1 Å². The van der Waals surface area contributed by atoms with E-state index in [1.165, 1.54) is 0 Å². The van der Waals surface area contributed by atoms with E-state index in [0.717, 1.165) is 16.9 Å². The SMILES string of the molecule is COc1ccc(C(CCC(Oc2ccccc2)C(=O)O)c2ccccc2)cc1. The van der Waals surface area contributed by atoms with Crippen molar-refractivity contribution in [2.75, 3.05) is 7.11 Å². The summed E-state index contributed by atoms with van der Waals surface area (Å²) in [6, 6.07) is 27.1. The number of hydrogen-bond acceptors (Lipinski definition) is 3. The van der Waals surface area contributed by atoms with Crippen LogP contribution in [0.2, 0.25) is 0 Å². The molecular formula is C24H24O4. The summed E-state index contributed by atoms with van der Waals surface area (Å²) in [5.41, 5.74) is 2.27. The lowest BCUT2D eigenvalue weighted by Gasteiger charge is -2.21. The second-order valence-corrected chi connectivity index (χ2v) is 6.57. The Labute approximate surface area is 165 Å². The highest BCUT2D eigenvalue weighted by Gasteiger charge is 2.23. The van der Waals surface area contributed by atoms with Gasteiger partial charge in [0.2, 0.25) is 0 Å². The average molecular weight is 376 g/mol. The summed E-state index contributed by atoms with van der Waals surface area (Å²) in [7, 11) is 1.64. The van der Waals surface area contributed by atoms with Crippen LogP contribution in [0, 0.1) is 0 Å². The van der Waals surface area contributed by atoms with Crippen LogP contribution < -0.4 is 9.47 Å².